The van der Waals surface area contributed by atoms with Crippen molar-refractivity contribution in [3.63, 3.8) is 0 Å². The zero-order valence-electron chi connectivity index (χ0n) is 15.3. The molecule has 0 saturated carbocycles. The van der Waals surface area contributed by atoms with Crippen molar-refractivity contribution in [3.8, 4) is 0 Å². The number of benzene rings is 2. The van der Waals surface area contributed by atoms with Gasteiger partial charge in [-0.1, -0.05) is 11.6 Å². The Labute approximate surface area is 163 Å². The number of hydrogen-bond donors (Lipinski definition) is 1. The van der Waals surface area contributed by atoms with Gasteiger partial charge in [-0.15, -0.1) is 0 Å². The first-order valence-corrected chi connectivity index (χ1v) is 9.67. The van der Waals surface area contributed by atoms with E-state index in [2.05, 4.69) is 10.2 Å². The third kappa shape index (κ3) is 3.52. The lowest BCUT2D eigenvalue weighted by Crippen LogP contribution is -2.25. The average Bonchev–Trinajstić information content (AvgIpc) is 3.31. The van der Waals surface area contributed by atoms with Crippen molar-refractivity contribution in [1.82, 2.24) is 0 Å². The van der Waals surface area contributed by atoms with Gasteiger partial charge in [0.25, 0.3) is 5.91 Å². The maximum absolute atomic E-state index is 12.9. The third-order valence-electron chi connectivity index (χ3n) is 5.27. The molecule has 1 fully saturated rings. The van der Waals surface area contributed by atoms with Crippen LogP contribution in [0.25, 0.3) is 0 Å². The van der Waals surface area contributed by atoms with Crippen LogP contribution < -0.4 is 15.1 Å². The summed E-state index contributed by atoms with van der Waals surface area (Å²) < 4.78 is 0. The van der Waals surface area contributed by atoms with Crippen LogP contribution in [-0.2, 0) is 11.2 Å². The zero-order valence-corrected chi connectivity index (χ0v) is 16.1. The predicted molar refractivity (Wildman–Crippen MR) is 109 cm³/mol. The second-order valence-electron chi connectivity index (χ2n) is 7.07. The molecule has 4 rings (SSSR count). The number of hydrogen-bond acceptors (Lipinski definition) is 3. The molecule has 2 aromatic rings. The summed E-state index contributed by atoms with van der Waals surface area (Å²) in [5, 5.41) is 3.62. The number of nitrogens with zero attached hydrogens (tertiary/aromatic N) is 2. The summed E-state index contributed by atoms with van der Waals surface area (Å²) >= 11 is 6.17. The highest BCUT2D eigenvalue weighted by atomic mass is 35.5. The molecule has 0 unspecified atom stereocenters. The van der Waals surface area contributed by atoms with Gasteiger partial charge >= 0.3 is 0 Å². The standard InChI is InChI=1S/C21H22ClN3O2/c1-14(26)25-11-8-15-12-16(4-6-19(15)25)21(27)23-18-13-17(22)5-7-20(18)24-9-2-3-10-24/h4-7,12-13H,2-3,8-11H2,1H3,(H,23,27). The molecule has 2 amide bonds. The van der Waals surface area contributed by atoms with Crippen LogP contribution in [0.2, 0.25) is 5.02 Å². The van der Waals surface area contributed by atoms with Crippen LogP contribution in [-0.4, -0.2) is 31.4 Å². The van der Waals surface area contributed by atoms with Crippen molar-refractivity contribution in [2.24, 2.45) is 0 Å². The van der Waals surface area contributed by atoms with Crippen molar-refractivity contribution in [2.45, 2.75) is 26.2 Å². The SMILES string of the molecule is CC(=O)N1CCc2cc(C(=O)Nc3cc(Cl)ccc3N3CCCC3)ccc21. The van der Waals surface area contributed by atoms with Gasteiger partial charge in [0.05, 0.1) is 11.4 Å². The molecule has 140 valence electrons. The zero-order chi connectivity index (χ0) is 19.0. The van der Waals surface area contributed by atoms with Crippen molar-refractivity contribution in [2.75, 3.05) is 34.8 Å². The van der Waals surface area contributed by atoms with E-state index in [-0.39, 0.29) is 11.8 Å². The second kappa shape index (κ2) is 7.24. The lowest BCUT2D eigenvalue weighted by atomic mass is 10.1. The number of carbonyl (C=O) groups excluding carboxylic acids is 2. The van der Waals surface area contributed by atoms with E-state index in [1.807, 2.05) is 24.3 Å². The van der Waals surface area contributed by atoms with Gasteiger partial charge in [0.1, 0.15) is 0 Å². The van der Waals surface area contributed by atoms with E-state index in [1.54, 1.807) is 24.0 Å². The van der Waals surface area contributed by atoms with E-state index < -0.39 is 0 Å². The minimum Gasteiger partial charge on any atom is -0.370 e. The van der Waals surface area contributed by atoms with Crippen molar-refractivity contribution >= 4 is 40.5 Å². The quantitative estimate of drug-likeness (QED) is 0.868. The van der Waals surface area contributed by atoms with Gasteiger partial charge in [0.15, 0.2) is 0 Å². The van der Waals surface area contributed by atoms with Gasteiger partial charge in [-0.05, 0) is 61.2 Å². The molecule has 2 aliphatic rings. The van der Waals surface area contributed by atoms with Crippen LogP contribution in [0.15, 0.2) is 36.4 Å². The Morgan fingerprint density at radius 1 is 1.00 bits per heavy atom. The summed E-state index contributed by atoms with van der Waals surface area (Å²) in [4.78, 5) is 28.6. The van der Waals surface area contributed by atoms with E-state index in [0.717, 1.165) is 55.0 Å². The molecule has 5 nitrogen and oxygen atoms in total. The van der Waals surface area contributed by atoms with Gasteiger partial charge in [-0.2, -0.15) is 0 Å². The fourth-order valence-electron chi connectivity index (χ4n) is 3.91. The Bertz CT molecular complexity index is 906. The molecule has 1 N–H and O–H groups in total. The van der Waals surface area contributed by atoms with Gasteiger partial charge in [-0.25, -0.2) is 0 Å². The first kappa shape index (κ1) is 17.9. The van der Waals surface area contributed by atoms with Gasteiger partial charge in [0.2, 0.25) is 5.91 Å². The Hall–Kier alpha value is -2.53. The average molecular weight is 384 g/mol. The molecule has 27 heavy (non-hydrogen) atoms. The first-order valence-electron chi connectivity index (χ1n) is 9.30. The Morgan fingerprint density at radius 2 is 1.74 bits per heavy atom. The molecule has 6 heteroatoms. The summed E-state index contributed by atoms with van der Waals surface area (Å²) in [6, 6.07) is 11.1. The van der Waals surface area contributed by atoms with E-state index >= 15 is 0 Å². The molecule has 0 aromatic heterocycles. The van der Waals surface area contributed by atoms with E-state index in [9.17, 15) is 9.59 Å². The largest absolute Gasteiger partial charge is 0.370 e. The number of halogens is 1. The van der Waals surface area contributed by atoms with Crippen LogP contribution in [0.4, 0.5) is 17.1 Å². The van der Waals surface area contributed by atoms with E-state index in [0.29, 0.717) is 17.1 Å². The van der Waals surface area contributed by atoms with Crippen LogP contribution in [0.1, 0.15) is 35.7 Å². The van der Waals surface area contributed by atoms with E-state index in [4.69, 9.17) is 11.6 Å². The number of rotatable bonds is 3. The molecule has 2 aromatic carbocycles. The number of fused-ring (bicyclic) bond motifs is 1. The maximum Gasteiger partial charge on any atom is 0.255 e. The maximum atomic E-state index is 12.9. The minimum absolute atomic E-state index is 0.0279. The molecular formula is C21H22ClN3O2. The molecule has 1 saturated heterocycles. The summed E-state index contributed by atoms with van der Waals surface area (Å²) in [6.07, 6.45) is 3.09. The summed E-state index contributed by atoms with van der Waals surface area (Å²) in [5.41, 5.74) is 4.27. The Balaban J connectivity index is 1.58. The highest BCUT2D eigenvalue weighted by molar-refractivity contribution is 6.31. The monoisotopic (exact) mass is 383 g/mol. The third-order valence-corrected chi connectivity index (χ3v) is 5.51. The predicted octanol–water partition coefficient (Wildman–Crippen LogP) is 4.10. The van der Waals surface area contributed by atoms with Gasteiger partial charge < -0.3 is 15.1 Å². The molecule has 0 aliphatic carbocycles. The lowest BCUT2D eigenvalue weighted by Gasteiger charge is -2.22. The number of anilines is 3. The van der Waals surface area contributed by atoms with Gasteiger partial charge in [0, 0.05) is 42.8 Å². The van der Waals surface area contributed by atoms with Crippen molar-refractivity contribution in [1.29, 1.82) is 0 Å². The highest BCUT2D eigenvalue weighted by Gasteiger charge is 2.24. The van der Waals surface area contributed by atoms with Crippen LogP contribution in [0.3, 0.4) is 0 Å². The molecule has 0 atom stereocenters. The topological polar surface area (TPSA) is 52.7 Å². The van der Waals surface area contributed by atoms with Crippen molar-refractivity contribution < 1.29 is 9.59 Å². The Morgan fingerprint density at radius 3 is 2.48 bits per heavy atom. The number of amides is 2. The molecule has 0 spiro atoms. The highest BCUT2D eigenvalue weighted by Crippen LogP contribution is 2.33. The molecule has 0 radical (unpaired) electrons. The van der Waals surface area contributed by atoms with Gasteiger partial charge in [-0.3, -0.25) is 9.59 Å². The lowest BCUT2D eigenvalue weighted by molar-refractivity contribution is -0.116. The summed E-state index contributed by atoms with van der Waals surface area (Å²) in [6.45, 7) is 4.21. The van der Waals surface area contributed by atoms with Crippen LogP contribution in [0.5, 0.6) is 0 Å². The molecule has 0 bridgehead atoms. The fourth-order valence-corrected chi connectivity index (χ4v) is 4.08. The smallest absolute Gasteiger partial charge is 0.255 e. The first-order chi connectivity index (χ1) is 13.0. The van der Waals surface area contributed by atoms with Crippen molar-refractivity contribution in [3.05, 3.63) is 52.5 Å². The molecule has 2 aliphatic heterocycles. The van der Waals surface area contributed by atoms with E-state index in [1.165, 1.54) is 0 Å². The fraction of sp³-hybridized carbons (Fsp3) is 0.333. The minimum atomic E-state index is -0.165. The Kier molecular flexibility index (Phi) is 4.79. The summed E-state index contributed by atoms with van der Waals surface area (Å²) in [5.74, 6) is -0.137. The van der Waals surface area contributed by atoms with Crippen LogP contribution >= 0.6 is 11.6 Å². The summed E-state index contributed by atoms with van der Waals surface area (Å²) in [7, 11) is 0. The number of carbonyl (C=O) groups is 2. The van der Waals surface area contributed by atoms with Crippen LogP contribution in [0, 0.1) is 0 Å². The molecular weight excluding hydrogens is 362 g/mol. The number of nitrogens with one attached hydrogen (secondary N) is 1. The second-order valence-corrected chi connectivity index (χ2v) is 7.51. The normalized spacial score (nSPS) is 15.8. The molecule has 2 heterocycles.